The number of fused-ring (bicyclic) bond motifs is 4. The van der Waals surface area contributed by atoms with Crippen molar-refractivity contribution in [1.82, 2.24) is 33.3 Å². The Balaban J connectivity index is 1.50. The Bertz CT molecular complexity index is 1740. The van der Waals surface area contributed by atoms with E-state index in [1.165, 1.54) is 26.5 Å². The Morgan fingerprint density at radius 3 is 2.72 bits per heavy atom. The maximum Gasteiger partial charge on any atom is 0.404 e. The zero-order valence-corrected chi connectivity index (χ0v) is 22.9. The van der Waals surface area contributed by atoms with E-state index in [1.807, 2.05) is 4.90 Å². The first-order chi connectivity index (χ1) is 18.5. The number of rotatable bonds is 5. The summed E-state index contributed by atoms with van der Waals surface area (Å²) in [6, 6.07) is 1.98. The van der Waals surface area contributed by atoms with Crippen molar-refractivity contribution in [3.05, 3.63) is 35.7 Å². The minimum Gasteiger partial charge on any atom is -0.465 e. The van der Waals surface area contributed by atoms with Crippen molar-refractivity contribution in [2.75, 3.05) is 19.0 Å². The molecule has 2 aliphatic rings. The van der Waals surface area contributed by atoms with Crippen molar-refractivity contribution in [3.8, 4) is 11.1 Å². The smallest absolute Gasteiger partial charge is 0.404 e. The lowest BCUT2D eigenvalue weighted by Crippen LogP contribution is -2.58. The average Bonchev–Trinajstić information content (AvgIpc) is 3.55. The second kappa shape index (κ2) is 9.03. The monoisotopic (exact) mass is 576 g/mol. The van der Waals surface area contributed by atoms with E-state index in [2.05, 4.69) is 15.4 Å². The summed E-state index contributed by atoms with van der Waals surface area (Å²) >= 11 is 6.77. The predicted molar refractivity (Wildman–Crippen MR) is 144 cm³/mol. The molecule has 2 aliphatic heterocycles. The van der Waals surface area contributed by atoms with E-state index in [-0.39, 0.29) is 18.1 Å². The van der Waals surface area contributed by atoms with Gasteiger partial charge in [-0.15, -0.1) is 0 Å². The fourth-order valence-corrected chi connectivity index (χ4v) is 7.06. The number of carbonyl (C=O) groups is 1. The lowest BCUT2D eigenvalue weighted by molar-refractivity contribution is 0.152. The molecule has 5 heterocycles. The lowest BCUT2D eigenvalue weighted by atomic mass is 9.95. The van der Waals surface area contributed by atoms with Crippen LogP contribution in [0.3, 0.4) is 0 Å². The van der Waals surface area contributed by atoms with Gasteiger partial charge in [-0.05, 0) is 25.3 Å². The Kier molecular flexibility index (Phi) is 5.97. The number of benzene rings is 1. The summed E-state index contributed by atoms with van der Waals surface area (Å²) in [4.78, 5) is 22.3. The molecule has 2 bridgehead atoms. The first-order valence-corrected chi connectivity index (χ1v) is 14.1. The van der Waals surface area contributed by atoms with Gasteiger partial charge in [-0.3, -0.25) is 4.68 Å². The minimum atomic E-state index is -4.01. The Morgan fingerprint density at radius 1 is 1.23 bits per heavy atom. The summed E-state index contributed by atoms with van der Waals surface area (Å²) in [5, 5.41) is 16.9. The van der Waals surface area contributed by atoms with Gasteiger partial charge in [0.25, 0.3) is 0 Å². The molecule has 4 atom stereocenters. The first kappa shape index (κ1) is 25.8. The quantitative estimate of drug-likeness (QED) is 0.370. The van der Waals surface area contributed by atoms with Crippen LogP contribution in [0.1, 0.15) is 19.3 Å². The van der Waals surface area contributed by atoms with Crippen LogP contribution in [0, 0.1) is 0 Å². The zero-order chi connectivity index (χ0) is 27.8. The van der Waals surface area contributed by atoms with E-state index < -0.39 is 34.6 Å². The van der Waals surface area contributed by atoms with Crippen molar-refractivity contribution in [3.63, 3.8) is 0 Å². The van der Waals surface area contributed by atoms with Crippen LogP contribution in [-0.2, 0) is 17.3 Å². The summed E-state index contributed by atoms with van der Waals surface area (Å²) in [6.45, 7) is 0. The van der Waals surface area contributed by atoms with Crippen molar-refractivity contribution in [2.45, 2.75) is 43.6 Å². The largest absolute Gasteiger partial charge is 0.465 e. The van der Waals surface area contributed by atoms with Gasteiger partial charge in [0.05, 0.1) is 28.8 Å². The molecular weight excluding hydrogens is 551 g/mol. The molecule has 2 N–H and O–H groups in total. The van der Waals surface area contributed by atoms with Crippen molar-refractivity contribution in [1.29, 1.82) is 0 Å². The van der Waals surface area contributed by atoms with Crippen molar-refractivity contribution in [2.24, 2.45) is 7.05 Å². The standard InChI is InChI=1S/C24H26ClFN8O4S/c1-31(2)39(37,38)33-11-14(13-5-6-16-15(20(13)25)10-32(3)30-16)22-23(33)29-19(9-27-22)34-12-4-7-18(34)21(26)17(8-12)28-24(35)36/h5-6,9-12,17-18,21,28H,4,7-8H2,1-3H3,(H,35,36)/t12-,17+,18+,21-/m0/s1. The van der Waals surface area contributed by atoms with E-state index in [9.17, 15) is 13.2 Å². The number of hydrogen-bond donors (Lipinski definition) is 2. The number of aryl methyl sites for hydroxylation is 1. The molecule has 0 unspecified atom stereocenters. The molecule has 2 fully saturated rings. The molecule has 1 aromatic carbocycles. The van der Waals surface area contributed by atoms with E-state index in [0.717, 1.165) is 8.28 Å². The normalized spacial score (nSPS) is 23.3. The van der Waals surface area contributed by atoms with Gasteiger partial charge < -0.3 is 15.3 Å². The second-order valence-corrected chi connectivity index (χ2v) is 12.5. The fourth-order valence-electron chi connectivity index (χ4n) is 5.81. The third kappa shape index (κ3) is 4.00. The molecule has 3 aromatic heterocycles. The summed E-state index contributed by atoms with van der Waals surface area (Å²) in [5.74, 6) is 0.333. The average molecular weight is 577 g/mol. The highest BCUT2D eigenvalue weighted by atomic mass is 35.5. The van der Waals surface area contributed by atoms with Gasteiger partial charge >= 0.3 is 16.3 Å². The number of nitrogens with one attached hydrogen (secondary N) is 1. The van der Waals surface area contributed by atoms with Crippen LogP contribution in [0.25, 0.3) is 33.2 Å². The van der Waals surface area contributed by atoms with Gasteiger partial charge in [0.1, 0.15) is 17.5 Å². The van der Waals surface area contributed by atoms with Crippen molar-refractivity contribution < 1.29 is 22.7 Å². The minimum absolute atomic E-state index is 0.0825. The van der Waals surface area contributed by atoms with E-state index in [1.54, 1.807) is 30.1 Å². The molecule has 39 heavy (non-hydrogen) atoms. The maximum absolute atomic E-state index is 15.4. The Hall–Kier alpha value is -3.49. The van der Waals surface area contributed by atoms with Gasteiger partial charge in [0.2, 0.25) is 0 Å². The zero-order valence-electron chi connectivity index (χ0n) is 21.3. The van der Waals surface area contributed by atoms with E-state index >= 15 is 4.39 Å². The SMILES string of the molecule is CN(C)S(=O)(=O)n1cc(-c2ccc3nn(C)cc3c2Cl)c2ncc(N3[C@H]4CC[C@@H]3[C@@H](F)[C@H](NC(=O)O)C4)nc21. The van der Waals surface area contributed by atoms with Gasteiger partial charge in [0, 0.05) is 56.1 Å². The van der Waals surface area contributed by atoms with Crippen LogP contribution < -0.4 is 10.2 Å². The van der Waals surface area contributed by atoms with E-state index in [4.69, 9.17) is 21.7 Å². The van der Waals surface area contributed by atoms with Crippen LogP contribution in [0.5, 0.6) is 0 Å². The van der Waals surface area contributed by atoms with Gasteiger partial charge in [-0.25, -0.2) is 23.1 Å². The first-order valence-electron chi connectivity index (χ1n) is 12.3. The Labute approximate surface area is 228 Å². The third-order valence-corrected chi connectivity index (χ3v) is 9.69. The summed E-state index contributed by atoms with van der Waals surface area (Å²) in [6.07, 6.45) is 3.48. The molecule has 0 radical (unpaired) electrons. The van der Waals surface area contributed by atoms with Crippen LogP contribution in [-0.4, -0.2) is 86.0 Å². The lowest BCUT2D eigenvalue weighted by Gasteiger charge is -2.41. The highest BCUT2D eigenvalue weighted by Gasteiger charge is 2.49. The van der Waals surface area contributed by atoms with Gasteiger partial charge in [-0.2, -0.15) is 17.8 Å². The summed E-state index contributed by atoms with van der Waals surface area (Å²) < 4.78 is 45.9. The van der Waals surface area contributed by atoms with Crippen LogP contribution in [0.15, 0.2) is 30.7 Å². The highest BCUT2D eigenvalue weighted by Crippen LogP contribution is 2.42. The van der Waals surface area contributed by atoms with Crippen LogP contribution in [0.4, 0.5) is 15.0 Å². The third-order valence-electron chi connectivity index (χ3n) is 7.59. The number of piperidine rings is 1. The maximum atomic E-state index is 15.4. The topological polar surface area (TPSA) is 138 Å². The number of amides is 1. The van der Waals surface area contributed by atoms with Gasteiger partial charge in [0.15, 0.2) is 5.65 Å². The van der Waals surface area contributed by atoms with E-state index in [0.29, 0.717) is 51.2 Å². The number of nitrogens with zero attached hydrogens (tertiary/aromatic N) is 7. The second-order valence-electron chi connectivity index (χ2n) is 10.1. The number of anilines is 1. The Morgan fingerprint density at radius 2 is 2.00 bits per heavy atom. The molecule has 206 valence electrons. The molecule has 0 aliphatic carbocycles. The molecule has 15 heteroatoms. The molecule has 4 aromatic rings. The summed E-state index contributed by atoms with van der Waals surface area (Å²) in [5.41, 5.74) is 2.14. The molecule has 12 nitrogen and oxygen atoms in total. The highest BCUT2D eigenvalue weighted by molar-refractivity contribution is 7.87. The van der Waals surface area contributed by atoms with Crippen LogP contribution in [0.2, 0.25) is 5.02 Å². The molecule has 0 saturated carbocycles. The molecule has 2 saturated heterocycles. The number of aromatic nitrogens is 5. The number of carboxylic acid groups (broad SMARTS) is 1. The fraction of sp³-hybridized carbons (Fsp3) is 0.417. The molecule has 6 rings (SSSR count). The van der Waals surface area contributed by atoms with Crippen LogP contribution >= 0.6 is 11.6 Å². The molecule has 1 amide bonds. The predicted octanol–water partition coefficient (Wildman–Crippen LogP) is 3.01. The van der Waals surface area contributed by atoms with Gasteiger partial charge in [-0.1, -0.05) is 17.7 Å². The van der Waals surface area contributed by atoms with Crippen molar-refractivity contribution >= 4 is 55.8 Å². The number of halogens is 2. The molecule has 0 spiro atoms. The molecular formula is C24H26ClFN8O4S. The summed E-state index contributed by atoms with van der Waals surface area (Å²) in [7, 11) is 0.607. The number of alkyl halides is 1. The number of hydrogen-bond acceptors (Lipinski definition) is 7.